The molecule has 4 heterocycles. The molecule has 4 aromatic rings. The molecule has 5 rings (SSSR count). The summed E-state index contributed by atoms with van der Waals surface area (Å²) in [5.74, 6) is 0.690. The second-order valence-corrected chi connectivity index (χ2v) is 7.07. The third-order valence-corrected chi connectivity index (χ3v) is 5.01. The van der Waals surface area contributed by atoms with Gasteiger partial charge < -0.3 is 14.3 Å². The summed E-state index contributed by atoms with van der Waals surface area (Å²) in [6, 6.07) is 10.8. The predicted octanol–water partition coefficient (Wildman–Crippen LogP) is 1.52. The Morgan fingerprint density at radius 1 is 0.933 bits per heavy atom. The van der Waals surface area contributed by atoms with E-state index in [1.165, 1.54) is 0 Å². The molecule has 0 bridgehead atoms. The number of hydrogen-bond acceptors (Lipinski definition) is 9. The molecule has 10 heteroatoms. The van der Waals surface area contributed by atoms with E-state index in [0.717, 1.165) is 13.1 Å². The molecule has 10 nitrogen and oxygen atoms in total. The summed E-state index contributed by atoms with van der Waals surface area (Å²) in [7, 11) is 2.05. The maximum absolute atomic E-state index is 12.6. The first-order valence-electron chi connectivity index (χ1n) is 9.55. The van der Waals surface area contributed by atoms with Crippen LogP contribution in [0.2, 0.25) is 0 Å². The topological polar surface area (TPSA) is 114 Å². The highest BCUT2D eigenvalue weighted by Gasteiger charge is 2.22. The Labute approximate surface area is 171 Å². The van der Waals surface area contributed by atoms with E-state index in [9.17, 15) is 4.79 Å². The minimum absolute atomic E-state index is 0.0703. The lowest BCUT2D eigenvalue weighted by atomic mass is 10.2. The normalized spacial score (nSPS) is 14.9. The van der Waals surface area contributed by atoms with Crippen molar-refractivity contribution in [2.45, 2.75) is 0 Å². The number of amides is 1. The molecule has 0 atom stereocenters. The average molecular weight is 402 g/mol. The largest absolute Gasteiger partial charge is 0.335 e. The van der Waals surface area contributed by atoms with Gasteiger partial charge in [0.25, 0.3) is 11.8 Å². The standard InChI is InChI=1S/C20H18N8O2/c1-27-8-10-28(11-9-27)20(29)16-7-6-13(12-21-16)17-23-19(30-26-17)18-22-14-4-2-3-5-15(14)24-25-18/h2-7,12H,8-11H2,1H3. The lowest BCUT2D eigenvalue weighted by molar-refractivity contribution is 0.0658. The number of carbonyl (C=O) groups is 1. The van der Waals surface area contributed by atoms with E-state index in [-0.39, 0.29) is 17.6 Å². The molecule has 1 aliphatic heterocycles. The summed E-state index contributed by atoms with van der Waals surface area (Å²) in [4.78, 5) is 29.7. The molecule has 1 aromatic carbocycles. The number of nitrogens with zero attached hydrogens (tertiary/aromatic N) is 8. The van der Waals surface area contributed by atoms with Crippen LogP contribution in [-0.4, -0.2) is 79.2 Å². The Bertz CT molecular complexity index is 1200. The number of benzene rings is 1. The average Bonchev–Trinajstić information content (AvgIpc) is 3.29. The number of hydrogen-bond donors (Lipinski definition) is 0. The molecule has 0 N–H and O–H groups in total. The van der Waals surface area contributed by atoms with Crippen LogP contribution in [0, 0.1) is 0 Å². The number of piperazine rings is 1. The molecule has 0 aliphatic carbocycles. The van der Waals surface area contributed by atoms with Crippen LogP contribution >= 0.6 is 0 Å². The molecular weight excluding hydrogens is 384 g/mol. The minimum Gasteiger partial charge on any atom is -0.335 e. The van der Waals surface area contributed by atoms with Gasteiger partial charge in [-0.3, -0.25) is 9.78 Å². The van der Waals surface area contributed by atoms with Gasteiger partial charge in [0.1, 0.15) is 11.2 Å². The van der Waals surface area contributed by atoms with E-state index in [1.807, 2.05) is 36.2 Å². The molecule has 0 radical (unpaired) electrons. The van der Waals surface area contributed by atoms with Gasteiger partial charge in [0.2, 0.25) is 11.6 Å². The monoisotopic (exact) mass is 402 g/mol. The van der Waals surface area contributed by atoms with Crippen molar-refractivity contribution in [1.29, 1.82) is 0 Å². The van der Waals surface area contributed by atoms with Crippen molar-refractivity contribution < 1.29 is 9.32 Å². The second kappa shape index (κ2) is 7.56. The van der Waals surface area contributed by atoms with Gasteiger partial charge in [0.15, 0.2) is 0 Å². The lowest BCUT2D eigenvalue weighted by Crippen LogP contribution is -2.47. The number of carbonyl (C=O) groups excluding carboxylic acids is 1. The number of likely N-dealkylation sites (N-methyl/N-ethyl adjacent to an activating group) is 1. The summed E-state index contributed by atoms with van der Waals surface area (Å²) in [5, 5.41) is 12.2. The molecule has 1 saturated heterocycles. The van der Waals surface area contributed by atoms with Gasteiger partial charge in [-0.15, -0.1) is 10.2 Å². The minimum atomic E-state index is -0.0703. The van der Waals surface area contributed by atoms with Crippen LogP contribution in [0.1, 0.15) is 10.5 Å². The van der Waals surface area contributed by atoms with Crippen LogP contribution in [0.3, 0.4) is 0 Å². The molecule has 0 spiro atoms. The van der Waals surface area contributed by atoms with Gasteiger partial charge in [-0.2, -0.15) is 4.98 Å². The zero-order valence-electron chi connectivity index (χ0n) is 16.3. The quantitative estimate of drug-likeness (QED) is 0.503. The van der Waals surface area contributed by atoms with Crippen LogP contribution in [0.5, 0.6) is 0 Å². The number of aromatic nitrogens is 6. The first-order valence-corrected chi connectivity index (χ1v) is 9.55. The Morgan fingerprint density at radius 3 is 2.50 bits per heavy atom. The van der Waals surface area contributed by atoms with Gasteiger partial charge in [-0.1, -0.05) is 17.3 Å². The summed E-state index contributed by atoms with van der Waals surface area (Å²) in [6.45, 7) is 3.13. The van der Waals surface area contributed by atoms with Crippen LogP contribution in [0.25, 0.3) is 34.1 Å². The summed E-state index contributed by atoms with van der Waals surface area (Å²) in [6.07, 6.45) is 1.57. The summed E-state index contributed by atoms with van der Waals surface area (Å²) < 4.78 is 5.30. The van der Waals surface area contributed by atoms with Crippen LogP contribution < -0.4 is 0 Å². The maximum atomic E-state index is 12.6. The van der Waals surface area contributed by atoms with Crippen molar-refractivity contribution >= 4 is 16.9 Å². The smallest absolute Gasteiger partial charge is 0.297 e. The van der Waals surface area contributed by atoms with E-state index in [0.29, 0.717) is 41.2 Å². The number of pyridine rings is 1. The van der Waals surface area contributed by atoms with E-state index >= 15 is 0 Å². The molecule has 30 heavy (non-hydrogen) atoms. The number of fused-ring (bicyclic) bond motifs is 1. The van der Waals surface area contributed by atoms with Crippen molar-refractivity contribution in [2.24, 2.45) is 0 Å². The summed E-state index contributed by atoms with van der Waals surface area (Å²) in [5.41, 5.74) is 2.41. The highest BCUT2D eigenvalue weighted by molar-refractivity contribution is 5.92. The van der Waals surface area contributed by atoms with E-state index < -0.39 is 0 Å². The molecule has 3 aromatic heterocycles. The lowest BCUT2D eigenvalue weighted by Gasteiger charge is -2.32. The predicted molar refractivity (Wildman–Crippen MR) is 107 cm³/mol. The van der Waals surface area contributed by atoms with Crippen molar-refractivity contribution in [3.63, 3.8) is 0 Å². The first kappa shape index (κ1) is 18.3. The summed E-state index contributed by atoms with van der Waals surface area (Å²) >= 11 is 0. The molecule has 1 amide bonds. The maximum Gasteiger partial charge on any atom is 0.297 e. The van der Waals surface area contributed by atoms with E-state index in [4.69, 9.17) is 4.52 Å². The third kappa shape index (κ3) is 3.48. The number of para-hydroxylation sites is 1. The second-order valence-electron chi connectivity index (χ2n) is 7.07. The van der Waals surface area contributed by atoms with E-state index in [2.05, 4.69) is 35.2 Å². The zero-order valence-corrected chi connectivity index (χ0v) is 16.3. The zero-order chi connectivity index (χ0) is 20.5. The number of rotatable bonds is 3. The van der Waals surface area contributed by atoms with Crippen molar-refractivity contribution in [3.05, 3.63) is 48.3 Å². The third-order valence-electron chi connectivity index (χ3n) is 5.01. The fourth-order valence-corrected chi connectivity index (χ4v) is 3.23. The van der Waals surface area contributed by atoms with Crippen LogP contribution in [-0.2, 0) is 0 Å². The Morgan fingerprint density at radius 2 is 1.73 bits per heavy atom. The fraction of sp³-hybridized carbons (Fsp3) is 0.250. The van der Waals surface area contributed by atoms with Gasteiger partial charge in [-0.05, 0) is 31.3 Å². The van der Waals surface area contributed by atoms with Crippen molar-refractivity contribution in [2.75, 3.05) is 33.2 Å². The Balaban J connectivity index is 1.35. The van der Waals surface area contributed by atoms with E-state index in [1.54, 1.807) is 18.3 Å². The SMILES string of the molecule is CN1CCN(C(=O)c2ccc(-c3noc(-c4nnc5ccccc5n4)n3)cn2)CC1. The fourth-order valence-electron chi connectivity index (χ4n) is 3.23. The van der Waals surface area contributed by atoms with Gasteiger partial charge >= 0.3 is 0 Å². The van der Waals surface area contributed by atoms with Crippen LogP contribution in [0.15, 0.2) is 47.1 Å². The Hall–Kier alpha value is -3.79. The first-order chi connectivity index (χ1) is 14.7. The highest BCUT2D eigenvalue weighted by atomic mass is 16.5. The highest BCUT2D eigenvalue weighted by Crippen LogP contribution is 2.20. The van der Waals surface area contributed by atoms with Gasteiger partial charge in [-0.25, -0.2) is 4.98 Å². The molecule has 0 saturated carbocycles. The van der Waals surface area contributed by atoms with Gasteiger partial charge in [0.05, 0.1) is 5.52 Å². The molecule has 0 unspecified atom stereocenters. The molecular formula is C20H18N8O2. The van der Waals surface area contributed by atoms with Gasteiger partial charge in [0, 0.05) is 37.9 Å². The Kier molecular flexibility index (Phi) is 4.60. The molecule has 1 aliphatic rings. The molecule has 1 fully saturated rings. The van der Waals surface area contributed by atoms with Crippen LogP contribution in [0.4, 0.5) is 0 Å². The van der Waals surface area contributed by atoms with Crippen molar-refractivity contribution in [3.8, 4) is 23.1 Å². The van der Waals surface area contributed by atoms with Crippen molar-refractivity contribution in [1.82, 2.24) is 40.1 Å². The molecule has 150 valence electrons.